The van der Waals surface area contributed by atoms with Gasteiger partial charge in [-0.1, -0.05) is 0 Å². The van der Waals surface area contributed by atoms with Crippen molar-refractivity contribution in [3.63, 3.8) is 0 Å². The summed E-state index contributed by atoms with van der Waals surface area (Å²) in [6.07, 6.45) is 0.114. The third-order valence-electron chi connectivity index (χ3n) is 3.30. The van der Waals surface area contributed by atoms with Gasteiger partial charge in [-0.05, 0) is 39.1 Å². The normalized spacial score (nSPS) is 23.9. The lowest BCUT2D eigenvalue weighted by Gasteiger charge is -2.37. The molecular formula is C13H21N3O3S. The van der Waals surface area contributed by atoms with Gasteiger partial charge >= 0.3 is 0 Å². The van der Waals surface area contributed by atoms with E-state index in [-0.39, 0.29) is 17.1 Å². The fourth-order valence-corrected chi connectivity index (χ4v) is 3.48. The molecule has 1 aliphatic heterocycles. The van der Waals surface area contributed by atoms with Gasteiger partial charge in [-0.3, -0.25) is 0 Å². The van der Waals surface area contributed by atoms with Gasteiger partial charge in [0.25, 0.3) is 0 Å². The minimum absolute atomic E-state index is 0.0569. The fourth-order valence-electron chi connectivity index (χ4n) is 2.49. The maximum Gasteiger partial charge on any atom is 0.242 e. The first-order valence-corrected chi connectivity index (χ1v) is 8.05. The highest BCUT2D eigenvalue weighted by Crippen LogP contribution is 2.29. The molecule has 3 N–H and O–H groups in total. The van der Waals surface area contributed by atoms with Crippen LogP contribution in [0.1, 0.15) is 13.8 Å². The summed E-state index contributed by atoms with van der Waals surface area (Å²) in [6, 6.07) is 4.96. The number of nitrogen functional groups attached to an aromatic ring is 1. The highest BCUT2D eigenvalue weighted by molar-refractivity contribution is 7.89. The van der Waals surface area contributed by atoms with E-state index in [1.54, 1.807) is 12.1 Å². The number of nitrogens with one attached hydrogen (secondary N) is 1. The largest absolute Gasteiger partial charge is 0.399 e. The van der Waals surface area contributed by atoms with E-state index >= 15 is 0 Å². The molecule has 0 bridgehead atoms. The highest BCUT2D eigenvalue weighted by atomic mass is 32.2. The van der Waals surface area contributed by atoms with Gasteiger partial charge in [0, 0.05) is 18.8 Å². The van der Waals surface area contributed by atoms with Gasteiger partial charge in [0.15, 0.2) is 0 Å². The van der Waals surface area contributed by atoms with Gasteiger partial charge in [-0.25, -0.2) is 13.1 Å². The van der Waals surface area contributed by atoms with E-state index in [1.165, 1.54) is 13.1 Å². The predicted molar refractivity (Wildman–Crippen MR) is 79.3 cm³/mol. The summed E-state index contributed by atoms with van der Waals surface area (Å²) in [7, 11) is -2.15. The predicted octanol–water partition coefficient (Wildman–Crippen LogP) is 0.790. The summed E-state index contributed by atoms with van der Waals surface area (Å²) < 4.78 is 32.3. The average molecular weight is 299 g/mol. The van der Waals surface area contributed by atoms with E-state index in [1.807, 2.05) is 18.7 Å². The topological polar surface area (TPSA) is 84.7 Å². The highest BCUT2D eigenvalue weighted by Gasteiger charge is 2.27. The van der Waals surface area contributed by atoms with Crippen LogP contribution in [0, 0.1) is 0 Å². The third kappa shape index (κ3) is 3.05. The van der Waals surface area contributed by atoms with E-state index in [4.69, 9.17) is 10.5 Å². The van der Waals surface area contributed by atoms with E-state index in [2.05, 4.69) is 4.72 Å². The number of nitrogens with zero attached hydrogens (tertiary/aromatic N) is 1. The fraction of sp³-hybridized carbons (Fsp3) is 0.538. The van der Waals surface area contributed by atoms with E-state index in [0.29, 0.717) is 24.5 Å². The Morgan fingerprint density at radius 2 is 1.90 bits per heavy atom. The van der Waals surface area contributed by atoms with Crippen LogP contribution in [0.5, 0.6) is 0 Å². The lowest BCUT2D eigenvalue weighted by atomic mass is 10.2. The molecule has 1 saturated heterocycles. The Morgan fingerprint density at radius 3 is 2.45 bits per heavy atom. The summed E-state index contributed by atoms with van der Waals surface area (Å²) in [5.41, 5.74) is 6.82. The van der Waals surface area contributed by atoms with Crippen LogP contribution >= 0.6 is 0 Å². The van der Waals surface area contributed by atoms with Crippen LogP contribution in [0.3, 0.4) is 0 Å². The average Bonchev–Trinajstić information content (AvgIpc) is 2.37. The van der Waals surface area contributed by atoms with E-state index < -0.39 is 10.0 Å². The molecule has 2 rings (SSSR count). The van der Waals surface area contributed by atoms with Crippen LogP contribution in [-0.2, 0) is 14.8 Å². The molecule has 1 fully saturated rings. The summed E-state index contributed by atoms with van der Waals surface area (Å²) >= 11 is 0. The van der Waals surface area contributed by atoms with Crippen molar-refractivity contribution in [1.82, 2.24) is 4.72 Å². The van der Waals surface area contributed by atoms with E-state index in [0.717, 1.165) is 0 Å². The smallest absolute Gasteiger partial charge is 0.242 e. The molecule has 0 aromatic heterocycles. The second-order valence-electron chi connectivity index (χ2n) is 5.10. The number of hydrogen-bond donors (Lipinski definition) is 2. The van der Waals surface area contributed by atoms with Crippen molar-refractivity contribution in [3.05, 3.63) is 18.2 Å². The molecule has 2 atom stereocenters. The van der Waals surface area contributed by atoms with Crippen molar-refractivity contribution in [3.8, 4) is 0 Å². The molecule has 1 aromatic rings. The number of rotatable bonds is 3. The van der Waals surface area contributed by atoms with Crippen LogP contribution in [0.2, 0.25) is 0 Å². The number of morpholine rings is 1. The summed E-state index contributed by atoms with van der Waals surface area (Å²) in [5, 5.41) is 0. The molecule has 0 radical (unpaired) electrons. The molecule has 20 heavy (non-hydrogen) atoms. The molecule has 0 saturated carbocycles. The van der Waals surface area contributed by atoms with Gasteiger partial charge < -0.3 is 15.4 Å². The van der Waals surface area contributed by atoms with Crippen LogP contribution in [0.15, 0.2) is 23.1 Å². The molecule has 112 valence electrons. The minimum atomic E-state index is -3.55. The number of hydrogen-bond acceptors (Lipinski definition) is 5. The maximum atomic E-state index is 12.2. The first-order valence-electron chi connectivity index (χ1n) is 6.57. The zero-order chi connectivity index (χ0) is 14.9. The quantitative estimate of drug-likeness (QED) is 0.806. The lowest BCUT2D eigenvalue weighted by Crippen LogP contribution is -2.46. The summed E-state index contributed by atoms with van der Waals surface area (Å²) in [5.74, 6) is 0. The molecule has 0 unspecified atom stereocenters. The molecule has 0 aliphatic carbocycles. The standard InChI is InChI=1S/C13H21N3O3S/c1-9-7-16(8-10(2)19-9)12-5-4-11(14)6-13(12)20(17,18)15-3/h4-6,9-10,15H,7-8,14H2,1-3H3/t9-,10+. The maximum absolute atomic E-state index is 12.2. The van der Waals surface area contributed by atoms with Gasteiger partial charge in [0.05, 0.1) is 17.9 Å². The third-order valence-corrected chi connectivity index (χ3v) is 4.75. The van der Waals surface area contributed by atoms with Gasteiger partial charge in [0.1, 0.15) is 4.90 Å². The number of anilines is 2. The van der Waals surface area contributed by atoms with Crippen LogP contribution in [0.4, 0.5) is 11.4 Å². The Hall–Kier alpha value is -1.31. The van der Waals surface area contributed by atoms with Crippen molar-refractivity contribution >= 4 is 21.4 Å². The number of nitrogens with two attached hydrogens (primary N) is 1. The molecule has 1 heterocycles. The Labute approximate surface area is 120 Å². The molecular weight excluding hydrogens is 278 g/mol. The monoisotopic (exact) mass is 299 g/mol. The first-order chi connectivity index (χ1) is 9.33. The zero-order valence-corrected chi connectivity index (χ0v) is 12.8. The molecule has 1 aliphatic rings. The van der Waals surface area contributed by atoms with E-state index in [9.17, 15) is 8.42 Å². The molecule has 7 heteroatoms. The van der Waals surface area contributed by atoms with Crippen molar-refractivity contribution in [1.29, 1.82) is 0 Å². The molecule has 0 spiro atoms. The molecule has 0 amide bonds. The van der Waals surface area contributed by atoms with Crippen LogP contribution in [-0.4, -0.2) is 40.8 Å². The van der Waals surface area contributed by atoms with Gasteiger partial charge in [0.2, 0.25) is 10.0 Å². The lowest BCUT2D eigenvalue weighted by molar-refractivity contribution is -0.00537. The van der Waals surface area contributed by atoms with Gasteiger partial charge in [-0.15, -0.1) is 0 Å². The Balaban J connectivity index is 2.46. The van der Waals surface area contributed by atoms with Crippen LogP contribution in [0.25, 0.3) is 0 Å². The number of sulfonamides is 1. The Kier molecular flexibility index (Phi) is 4.22. The summed E-state index contributed by atoms with van der Waals surface area (Å²) in [4.78, 5) is 2.24. The first kappa shape index (κ1) is 15.1. The van der Waals surface area contributed by atoms with Crippen LogP contribution < -0.4 is 15.4 Å². The van der Waals surface area contributed by atoms with Crippen molar-refractivity contribution in [2.45, 2.75) is 31.0 Å². The minimum Gasteiger partial charge on any atom is -0.399 e. The number of benzene rings is 1. The van der Waals surface area contributed by atoms with Gasteiger partial charge in [-0.2, -0.15) is 0 Å². The Bertz CT molecular complexity index is 579. The van der Waals surface area contributed by atoms with Crippen molar-refractivity contribution in [2.75, 3.05) is 30.8 Å². The second kappa shape index (κ2) is 5.59. The number of ether oxygens (including phenoxy) is 1. The second-order valence-corrected chi connectivity index (χ2v) is 6.95. The molecule has 6 nitrogen and oxygen atoms in total. The van der Waals surface area contributed by atoms with Crippen molar-refractivity contribution in [2.24, 2.45) is 0 Å². The Morgan fingerprint density at radius 1 is 1.30 bits per heavy atom. The van der Waals surface area contributed by atoms with Crippen molar-refractivity contribution < 1.29 is 13.2 Å². The summed E-state index contributed by atoms with van der Waals surface area (Å²) in [6.45, 7) is 5.26. The zero-order valence-electron chi connectivity index (χ0n) is 12.0. The SMILES string of the molecule is CNS(=O)(=O)c1cc(N)ccc1N1C[C@@H](C)O[C@@H](C)C1. The molecule has 1 aromatic carbocycles.